The Bertz CT molecular complexity index is 133. The fraction of sp³-hybridized carbons (Fsp3) is 1.00. The highest BCUT2D eigenvalue weighted by atomic mass is 32.1. The lowest BCUT2D eigenvalue weighted by Crippen LogP contribution is -2.48. The summed E-state index contributed by atoms with van der Waals surface area (Å²) in [5, 5.41) is 0. The van der Waals surface area contributed by atoms with Gasteiger partial charge < -0.3 is 8.85 Å². The quantitative estimate of drug-likeness (QED) is 0.564. The van der Waals surface area contributed by atoms with Crippen molar-refractivity contribution in [2.75, 3.05) is 13.2 Å². The van der Waals surface area contributed by atoms with E-state index in [1.807, 2.05) is 13.8 Å². The summed E-state index contributed by atoms with van der Waals surface area (Å²) in [6.45, 7) is 12.5. The van der Waals surface area contributed by atoms with Crippen LogP contribution >= 0.6 is 12.6 Å². The standard InChI is InChI=1S/C8H22O2SSi2/c1-6-9-12(10-7-2)8(11)13(3,4)5/h8,11-12H,6-7H2,1-5H3/t8-/m1/s1. The topological polar surface area (TPSA) is 18.5 Å². The van der Waals surface area contributed by atoms with E-state index in [9.17, 15) is 0 Å². The Morgan fingerprint density at radius 2 is 1.54 bits per heavy atom. The van der Waals surface area contributed by atoms with E-state index in [4.69, 9.17) is 8.85 Å². The molecule has 0 aromatic rings. The second-order valence-corrected chi connectivity index (χ2v) is 13.8. The molecule has 80 valence electrons. The first-order valence-corrected chi connectivity index (χ1v) is 10.5. The van der Waals surface area contributed by atoms with E-state index in [-0.39, 0.29) is 0 Å². The van der Waals surface area contributed by atoms with Crippen LogP contribution in [0.5, 0.6) is 0 Å². The van der Waals surface area contributed by atoms with E-state index in [0.29, 0.717) is 4.50 Å². The first-order valence-electron chi connectivity index (χ1n) is 4.84. The van der Waals surface area contributed by atoms with Gasteiger partial charge in [0.1, 0.15) is 0 Å². The van der Waals surface area contributed by atoms with Gasteiger partial charge in [-0.2, -0.15) is 12.6 Å². The average molecular weight is 239 g/mol. The summed E-state index contributed by atoms with van der Waals surface area (Å²) < 4.78 is 11.7. The fourth-order valence-electron chi connectivity index (χ4n) is 0.967. The van der Waals surface area contributed by atoms with Crippen LogP contribution in [0.3, 0.4) is 0 Å². The lowest BCUT2D eigenvalue weighted by atomic mass is 10.9. The summed E-state index contributed by atoms with van der Waals surface area (Å²) in [6, 6.07) is 0. The number of thiol groups is 1. The molecule has 5 heteroatoms. The second kappa shape index (κ2) is 6.24. The van der Waals surface area contributed by atoms with Gasteiger partial charge in [0.25, 0.3) is 0 Å². The maximum absolute atomic E-state index is 5.65. The SMILES string of the molecule is CCO[SiH](OCC)[C@@H](S)[Si](C)(C)C. The van der Waals surface area contributed by atoms with Crippen LogP contribution in [-0.2, 0) is 8.85 Å². The summed E-state index contributed by atoms with van der Waals surface area (Å²) in [4.78, 5) is 0. The molecule has 0 radical (unpaired) electrons. The van der Waals surface area contributed by atoms with Gasteiger partial charge in [-0.3, -0.25) is 0 Å². The first kappa shape index (κ1) is 13.7. The van der Waals surface area contributed by atoms with Crippen LogP contribution in [0.1, 0.15) is 13.8 Å². The molecule has 0 saturated carbocycles. The minimum absolute atomic E-state index is 0.382. The lowest BCUT2D eigenvalue weighted by molar-refractivity contribution is 0.216. The van der Waals surface area contributed by atoms with Crippen molar-refractivity contribution >= 4 is 30.0 Å². The van der Waals surface area contributed by atoms with E-state index < -0.39 is 17.4 Å². The highest BCUT2D eigenvalue weighted by molar-refractivity contribution is 7.85. The van der Waals surface area contributed by atoms with Gasteiger partial charge in [0, 0.05) is 17.7 Å². The van der Waals surface area contributed by atoms with E-state index >= 15 is 0 Å². The molecule has 13 heavy (non-hydrogen) atoms. The maximum atomic E-state index is 5.65. The second-order valence-electron chi connectivity index (χ2n) is 4.09. The minimum Gasteiger partial charge on any atom is -0.396 e. The van der Waals surface area contributed by atoms with Crippen molar-refractivity contribution < 1.29 is 8.85 Å². The molecule has 0 saturated heterocycles. The van der Waals surface area contributed by atoms with Crippen molar-refractivity contribution in [3.05, 3.63) is 0 Å². The molecule has 0 aliphatic carbocycles. The Balaban J connectivity index is 4.18. The fourth-order valence-corrected chi connectivity index (χ4v) is 6.44. The molecule has 0 bridgehead atoms. The van der Waals surface area contributed by atoms with Gasteiger partial charge >= 0.3 is 9.28 Å². The van der Waals surface area contributed by atoms with E-state index in [0.717, 1.165) is 13.2 Å². The van der Waals surface area contributed by atoms with Crippen molar-refractivity contribution in [2.45, 2.75) is 38.0 Å². The predicted molar refractivity (Wildman–Crippen MR) is 66.5 cm³/mol. The highest BCUT2D eigenvalue weighted by Gasteiger charge is 2.34. The van der Waals surface area contributed by atoms with Crippen molar-refractivity contribution in [1.82, 2.24) is 0 Å². The normalized spacial score (nSPS) is 15.0. The van der Waals surface area contributed by atoms with Gasteiger partial charge in [-0.05, 0) is 13.8 Å². The van der Waals surface area contributed by atoms with E-state index in [2.05, 4.69) is 32.3 Å². The molecule has 1 atom stereocenters. The van der Waals surface area contributed by atoms with Crippen LogP contribution in [0.2, 0.25) is 19.6 Å². The van der Waals surface area contributed by atoms with E-state index in [1.54, 1.807) is 0 Å². The monoisotopic (exact) mass is 238 g/mol. The average Bonchev–Trinajstić information content (AvgIpc) is 2.01. The molecular formula is C8H22O2SSi2. The molecule has 0 N–H and O–H groups in total. The van der Waals surface area contributed by atoms with Crippen molar-refractivity contribution in [2.24, 2.45) is 0 Å². The minimum atomic E-state index is -1.53. The molecule has 0 rings (SSSR count). The van der Waals surface area contributed by atoms with Gasteiger partial charge in [-0.15, -0.1) is 0 Å². The molecule has 2 nitrogen and oxygen atoms in total. The van der Waals surface area contributed by atoms with Crippen LogP contribution < -0.4 is 0 Å². The highest BCUT2D eigenvalue weighted by Crippen LogP contribution is 2.17. The molecule has 0 aromatic carbocycles. The Morgan fingerprint density at radius 3 is 1.77 bits per heavy atom. The first-order chi connectivity index (χ1) is 5.93. The molecule has 0 aromatic heterocycles. The summed E-state index contributed by atoms with van der Waals surface area (Å²) in [7, 11) is -2.75. The summed E-state index contributed by atoms with van der Waals surface area (Å²) in [5.41, 5.74) is 0. The molecular weight excluding hydrogens is 216 g/mol. The molecule has 0 amide bonds. The predicted octanol–water partition coefficient (Wildman–Crippen LogP) is 1.99. The van der Waals surface area contributed by atoms with E-state index in [1.165, 1.54) is 0 Å². The number of hydrogen-bond donors (Lipinski definition) is 1. The van der Waals surface area contributed by atoms with Crippen LogP contribution in [0.15, 0.2) is 0 Å². The zero-order chi connectivity index (χ0) is 10.5. The van der Waals surface area contributed by atoms with Gasteiger partial charge in [0.2, 0.25) is 0 Å². The molecule has 0 unspecified atom stereocenters. The maximum Gasteiger partial charge on any atom is 0.331 e. The molecule has 0 fully saturated rings. The van der Waals surface area contributed by atoms with Gasteiger partial charge in [-0.25, -0.2) is 0 Å². The third kappa shape index (κ3) is 5.22. The Labute approximate surface area is 90.3 Å². The van der Waals surface area contributed by atoms with Gasteiger partial charge in [0.05, 0.1) is 8.07 Å². The van der Waals surface area contributed by atoms with Gasteiger partial charge in [0.15, 0.2) is 0 Å². The van der Waals surface area contributed by atoms with Gasteiger partial charge in [-0.1, -0.05) is 19.6 Å². The molecule has 0 aliphatic heterocycles. The van der Waals surface area contributed by atoms with Crippen LogP contribution in [0.4, 0.5) is 0 Å². The Kier molecular flexibility index (Phi) is 6.57. The molecule has 0 aliphatic rings. The summed E-state index contributed by atoms with van der Waals surface area (Å²) >= 11 is 4.65. The smallest absolute Gasteiger partial charge is 0.331 e. The van der Waals surface area contributed by atoms with Crippen LogP contribution in [0.25, 0.3) is 0 Å². The third-order valence-electron chi connectivity index (χ3n) is 1.81. The van der Waals surface area contributed by atoms with Crippen LogP contribution in [-0.4, -0.2) is 35.1 Å². The number of hydrogen-bond acceptors (Lipinski definition) is 3. The summed E-state index contributed by atoms with van der Waals surface area (Å²) in [5.74, 6) is 0. The zero-order valence-electron chi connectivity index (χ0n) is 9.33. The van der Waals surface area contributed by atoms with Crippen molar-refractivity contribution in [1.29, 1.82) is 0 Å². The summed E-state index contributed by atoms with van der Waals surface area (Å²) in [6.07, 6.45) is 0. The van der Waals surface area contributed by atoms with Crippen molar-refractivity contribution in [3.63, 3.8) is 0 Å². The Hall–Kier alpha value is 0.704. The zero-order valence-corrected chi connectivity index (χ0v) is 12.4. The molecule has 0 heterocycles. The Morgan fingerprint density at radius 1 is 1.15 bits per heavy atom. The van der Waals surface area contributed by atoms with Crippen LogP contribution in [0, 0.1) is 0 Å². The van der Waals surface area contributed by atoms with Crippen molar-refractivity contribution in [3.8, 4) is 0 Å². The number of rotatable bonds is 6. The third-order valence-corrected chi connectivity index (χ3v) is 12.3. The molecule has 0 spiro atoms. The lowest BCUT2D eigenvalue weighted by Gasteiger charge is -2.29. The largest absolute Gasteiger partial charge is 0.396 e.